The van der Waals surface area contributed by atoms with Crippen molar-refractivity contribution in [2.24, 2.45) is 5.84 Å². The lowest BCUT2D eigenvalue weighted by molar-refractivity contribution is 0.474. The molecule has 68 valence electrons. The molecule has 0 amide bonds. The van der Waals surface area contributed by atoms with Crippen molar-refractivity contribution in [2.45, 2.75) is 11.7 Å². The van der Waals surface area contributed by atoms with Gasteiger partial charge in [-0.15, -0.1) is 0 Å². The van der Waals surface area contributed by atoms with Crippen LogP contribution >= 0.6 is 0 Å². The Hall–Kier alpha value is -0.850. The molecular weight excluding hydrogens is 180 g/mol. The van der Waals surface area contributed by atoms with E-state index in [1.54, 1.807) is 6.08 Å². The third-order valence-corrected chi connectivity index (χ3v) is 2.72. The Balaban J connectivity index is 2.73. The largest absolute Gasteiger partial charge is 0.324 e. The van der Waals surface area contributed by atoms with Crippen molar-refractivity contribution >= 4 is 10.1 Å². The summed E-state index contributed by atoms with van der Waals surface area (Å²) in [6.07, 6.45) is 4.76. The van der Waals surface area contributed by atoms with Crippen molar-refractivity contribution in [3.63, 3.8) is 0 Å². The lowest BCUT2D eigenvalue weighted by Gasteiger charge is -2.12. The predicted molar refractivity (Wildman–Crippen MR) is 44.5 cm³/mol. The van der Waals surface area contributed by atoms with Gasteiger partial charge in [0.25, 0.3) is 10.1 Å². The zero-order chi connectivity index (χ0) is 9.19. The molecule has 0 bridgehead atoms. The van der Waals surface area contributed by atoms with Crippen molar-refractivity contribution < 1.29 is 13.0 Å². The number of hydrogen-bond acceptors (Lipinski definition) is 4. The molecule has 1 aliphatic carbocycles. The van der Waals surface area contributed by atoms with E-state index in [-0.39, 0.29) is 6.42 Å². The Kier molecular flexibility index (Phi) is 2.51. The molecule has 0 fully saturated rings. The van der Waals surface area contributed by atoms with Crippen LogP contribution in [0.3, 0.4) is 0 Å². The van der Waals surface area contributed by atoms with E-state index < -0.39 is 15.4 Å². The minimum atomic E-state index is -3.96. The van der Waals surface area contributed by atoms with E-state index in [1.807, 2.05) is 0 Å². The quantitative estimate of drug-likeness (QED) is 0.311. The zero-order valence-corrected chi connectivity index (χ0v) is 7.08. The second kappa shape index (κ2) is 3.26. The number of hydrogen-bond donors (Lipinski definition) is 3. The van der Waals surface area contributed by atoms with Crippen LogP contribution in [0.25, 0.3) is 0 Å². The predicted octanol–water partition coefficient (Wildman–Crippen LogP) is -0.450. The number of hydrazine groups is 1. The van der Waals surface area contributed by atoms with Crippen LogP contribution in [0.15, 0.2) is 23.9 Å². The number of rotatable bonds is 2. The van der Waals surface area contributed by atoms with Crippen molar-refractivity contribution in [2.75, 3.05) is 0 Å². The highest BCUT2D eigenvalue weighted by molar-refractivity contribution is 7.86. The van der Waals surface area contributed by atoms with Crippen molar-refractivity contribution in [3.8, 4) is 0 Å². The summed E-state index contributed by atoms with van der Waals surface area (Å²) in [5.41, 5.74) is 3.02. The first-order valence-corrected chi connectivity index (χ1v) is 4.85. The van der Waals surface area contributed by atoms with Gasteiger partial charge in [-0.05, 0) is 12.5 Å². The second-order valence-electron chi connectivity index (χ2n) is 2.45. The average Bonchev–Trinajstić information content (AvgIpc) is 2.03. The van der Waals surface area contributed by atoms with Crippen LogP contribution in [0.2, 0.25) is 0 Å². The highest BCUT2D eigenvalue weighted by Gasteiger charge is 2.20. The Morgan fingerprint density at radius 3 is 2.67 bits per heavy atom. The van der Waals surface area contributed by atoms with Crippen LogP contribution in [0.5, 0.6) is 0 Å². The summed E-state index contributed by atoms with van der Waals surface area (Å²) < 4.78 is 29.9. The Morgan fingerprint density at radius 2 is 2.33 bits per heavy atom. The van der Waals surface area contributed by atoms with Gasteiger partial charge in [-0.3, -0.25) is 10.4 Å². The first-order chi connectivity index (χ1) is 5.54. The smallest absolute Gasteiger partial charge is 0.271 e. The fourth-order valence-electron chi connectivity index (χ4n) is 0.929. The Bertz CT molecular complexity index is 318. The molecule has 1 rings (SSSR count). The zero-order valence-electron chi connectivity index (χ0n) is 6.27. The van der Waals surface area contributed by atoms with E-state index in [1.165, 1.54) is 12.2 Å². The molecule has 0 aliphatic heterocycles. The number of allylic oxidation sites excluding steroid dienone is 2. The molecule has 0 heterocycles. The van der Waals surface area contributed by atoms with Crippen LogP contribution in [0.1, 0.15) is 6.42 Å². The maximum absolute atomic E-state index is 10.6. The molecule has 6 heteroatoms. The van der Waals surface area contributed by atoms with E-state index in [0.29, 0.717) is 5.70 Å². The number of nitrogens with two attached hydrogens (primary N) is 1. The first kappa shape index (κ1) is 9.24. The first-order valence-electron chi connectivity index (χ1n) is 3.35. The molecule has 4 N–H and O–H groups in total. The van der Waals surface area contributed by atoms with E-state index >= 15 is 0 Å². The van der Waals surface area contributed by atoms with Crippen molar-refractivity contribution in [3.05, 3.63) is 23.9 Å². The molecular formula is C6H10N2O3S. The molecule has 0 spiro atoms. The van der Waals surface area contributed by atoms with Crippen LogP contribution in [0.4, 0.5) is 0 Å². The minimum Gasteiger partial charge on any atom is -0.324 e. The van der Waals surface area contributed by atoms with Crippen molar-refractivity contribution in [1.82, 2.24) is 5.43 Å². The normalized spacial score (nSPS) is 23.5. The molecule has 0 radical (unpaired) electrons. The van der Waals surface area contributed by atoms with Gasteiger partial charge in [0.05, 0.1) is 0 Å². The lowest BCUT2D eigenvalue weighted by atomic mass is 10.1. The average molecular weight is 190 g/mol. The Labute approximate surface area is 70.7 Å². The van der Waals surface area contributed by atoms with Gasteiger partial charge in [0.15, 0.2) is 0 Å². The highest BCUT2D eigenvalue weighted by atomic mass is 32.2. The molecule has 0 saturated heterocycles. The van der Waals surface area contributed by atoms with Crippen LogP contribution in [0, 0.1) is 0 Å². The van der Waals surface area contributed by atoms with Gasteiger partial charge in [-0.2, -0.15) is 8.42 Å². The molecule has 12 heavy (non-hydrogen) atoms. The summed E-state index contributed by atoms with van der Waals surface area (Å²) in [6, 6.07) is 0. The van der Waals surface area contributed by atoms with Gasteiger partial charge in [0.2, 0.25) is 0 Å². The monoisotopic (exact) mass is 190 g/mol. The fraction of sp³-hybridized carbons (Fsp3) is 0.333. The highest BCUT2D eigenvalue weighted by Crippen LogP contribution is 2.13. The van der Waals surface area contributed by atoms with Crippen LogP contribution in [-0.2, 0) is 10.1 Å². The fourth-order valence-corrected chi connectivity index (χ4v) is 1.55. The Morgan fingerprint density at radius 1 is 1.67 bits per heavy atom. The summed E-state index contributed by atoms with van der Waals surface area (Å²) in [5, 5.41) is -0.838. The SMILES string of the molecule is NNC1=CCC(S(=O)(=O)O)C=C1. The van der Waals surface area contributed by atoms with E-state index in [9.17, 15) is 8.42 Å². The van der Waals surface area contributed by atoms with Gasteiger partial charge in [0.1, 0.15) is 5.25 Å². The van der Waals surface area contributed by atoms with E-state index in [0.717, 1.165) is 0 Å². The third kappa shape index (κ3) is 2.07. The minimum absolute atomic E-state index is 0.245. The molecule has 0 aromatic rings. The van der Waals surface area contributed by atoms with E-state index in [2.05, 4.69) is 5.43 Å². The van der Waals surface area contributed by atoms with Gasteiger partial charge in [0, 0.05) is 5.70 Å². The molecule has 1 unspecified atom stereocenters. The molecule has 0 aromatic heterocycles. The summed E-state index contributed by atoms with van der Waals surface area (Å²) in [5.74, 6) is 5.08. The van der Waals surface area contributed by atoms with Gasteiger partial charge in [-0.25, -0.2) is 0 Å². The van der Waals surface area contributed by atoms with Gasteiger partial charge in [-0.1, -0.05) is 12.2 Å². The third-order valence-electron chi connectivity index (χ3n) is 1.61. The maximum atomic E-state index is 10.6. The van der Waals surface area contributed by atoms with E-state index in [4.69, 9.17) is 10.4 Å². The molecule has 1 aliphatic rings. The standard InChI is InChI=1S/C6H10N2O3S/c7-8-5-1-3-6(4-2-5)12(9,10)11/h1-3,6,8H,4,7H2,(H,9,10,11). The van der Waals surface area contributed by atoms with Gasteiger partial charge >= 0.3 is 0 Å². The summed E-state index contributed by atoms with van der Waals surface area (Å²) >= 11 is 0. The number of nitrogens with one attached hydrogen (secondary N) is 1. The lowest BCUT2D eigenvalue weighted by Crippen LogP contribution is -2.25. The topological polar surface area (TPSA) is 92.4 Å². The van der Waals surface area contributed by atoms with Crippen LogP contribution < -0.4 is 11.3 Å². The molecule has 0 saturated carbocycles. The van der Waals surface area contributed by atoms with Gasteiger partial charge < -0.3 is 5.43 Å². The second-order valence-corrected chi connectivity index (χ2v) is 4.09. The van der Waals surface area contributed by atoms with Crippen LogP contribution in [-0.4, -0.2) is 18.2 Å². The summed E-state index contributed by atoms with van der Waals surface area (Å²) in [7, 11) is -3.96. The van der Waals surface area contributed by atoms with Crippen molar-refractivity contribution in [1.29, 1.82) is 0 Å². The summed E-state index contributed by atoms with van der Waals surface area (Å²) in [4.78, 5) is 0. The molecule has 1 atom stereocenters. The summed E-state index contributed by atoms with van der Waals surface area (Å²) in [6.45, 7) is 0. The maximum Gasteiger partial charge on any atom is 0.271 e. The molecule has 5 nitrogen and oxygen atoms in total. The molecule has 0 aromatic carbocycles.